The standard InChI is InChI=1S/C32H36F2N8O5/c1-20(43)31(44)42-8-7-27(32(33,34)18-42)47-26-5-3-21(13-22(26)15-35)24-14-29(37-19-36-24)38-28-6-4-25(30(39-28)45-2)41-11-9-40(10-12-41)23-16-46-17-23/h3-6,13-14,19-20,23,27,43H,7-12,16-18H2,1-2H3,(H,36,37,38,39)/t20-,27-/m1/s1. The van der Waals surface area contributed by atoms with E-state index in [9.17, 15) is 23.9 Å². The van der Waals surface area contributed by atoms with Gasteiger partial charge in [-0.15, -0.1) is 0 Å². The zero-order chi connectivity index (χ0) is 33.1. The number of piperazine rings is 1. The number of alkyl halides is 2. The minimum Gasteiger partial charge on any atom is -0.483 e. The second kappa shape index (κ2) is 13.6. The van der Waals surface area contributed by atoms with Crippen molar-refractivity contribution in [3.63, 3.8) is 0 Å². The fraction of sp³-hybridized carbons (Fsp3) is 0.469. The molecule has 2 atom stereocenters. The number of anilines is 3. The van der Waals surface area contributed by atoms with E-state index in [2.05, 4.69) is 30.1 Å². The number of hydrogen-bond donors (Lipinski definition) is 2. The first-order valence-electron chi connectivity index (χ1n) is 15.4. The maximum Gasteiger partial charge on any atom is 0.301 e. The van der Waals surface area contributed by atoms with Crippen LogP contribution in [0.2, 0.25) is 0 Å². The zero-order valence-electron chi connectivity index (χ0n) is 26.1. The molecule has 2 N–H and O–H groups in total. The lowest BCUT2D eigenvalue weighted by Gasteiger charge is -2.43. The van der Waals surface area contributed by atoms with E-state index >= 15 is 0 Å². The molecule has 13 nitrogen and oxygen atoms in total. The molecule has 0 aliphatic carbocycles. The Kier molecular flexibility index (Phi) is 9.35. The number of hydrogen-bond acceptors (Lipinski definition) is 12. The summed E-state index contributed by atoms with van der Waals surface area (Å²) in [7, 11) is 1.59. The molecule has 6 rings (SSSR count). The van der Waals surface area contributed by atoms with Gasteiger partial charge >= 0.3 is 5.92 Å². The number of aliphatic hydroxyl groups excluding tert-OH is 1. The van der Waals surface area contributed by atoms with E-state index in [-0.39, 0.29) is 24.3 Å². The lowest BCUT2D eigenvalue weighted by atomic mass is 10.0. The normalized spacial score (nSPS) is 20.6. The van der Waals surface area contributed by atoms with Crippen LogP contribution in [0.3, 0.4) is 0 Å². The maximum atomic E-state index is 14.9. The Balaban J connectivity index is 1.12. The van der Waals surface area contributed by atoms with Crippen molar-refractivity contribution < 1.29 is 32.9 Å². The van der Waals surface area contributed by atoms with Crippen molar-refractivity contribution in [2.24, 2.45) is 0 Å². The summed E-state index contributed by atoms with van der Waals surface area (Å²) >= 11 is 0. The van der Waals surface area contributed by atoms with Gasteiger partial charge in [0.1, 0.15) is 41.6 Å². The molecule has 3 aromatic rings. The van der Waals surface area contributed by atoms with E-state index < -0.39 is 30.6 Å². The number of halogens is 2. The van der Waals surface area contributed by atoms with Gasteiger partial charge in [0.25, 0.3) is 5.91 Å². The molecule has 3 fully saturated rings. The third-order valence-corrected chi connectivity index (χ3v) is 8.62. The lowest BCUT2D eigenvalue weighted by Crippen LogP contribution is -2.56. The van der Waals surface area contributed by atoms with Gasteiger partial charge in [0.15, 0.2) is 6.10 Å². The molecule has 15 heteroatoms. The summed E-state index contributed by atoms with van der Waals surface area (Å²) in [5.74, 6) is -2.69. The molecule has 0 saturated carbocycles. The van der Waals surface area contributed by atoms with Crippen LogP contribution in [0.1, 0.15) is 18.9 Å². The number of piperidine rings is 1. The second-order valence-corrected chi connectivity index (χ2v) is 11.8. The molecule has 3 aliphatic heterocycles. The molecule has 0 unspecified atom stereocenters. The number of aliphatic hydroxyl groups is 1. The number of benzene rings is 1. The predicted octanol–water partition coefficient (Wildman–Crippen LogP) is 2.68. The summed E-state index contributed by atoms with van der Waals surface area (Å²) < 4.78 is 46.4. The molecular formula is C32H36F2N8O5. The van der Waals surface area contributed by atoms with Crippen molar-refractivity contribution in [1.82, 2.24) is 24.8 Å². The van der Waals surface area contributed by atoms with Crippen molar-refractivity contribution in [2.45, 2.75) is 37.5 Å². The smallest absolute Gasteiger partial charge is 0.301 e. The Bertz CT molecular complexity index is 1640. The molecule has 47 heavy (non-hydrogen) atoms. The highest BCUT2D eigenvalue weighted by Gasteiger charge is 2.48. The van der Waals surface area contributed by atoms with E-state index in [0.29, 0.717) is 34.8 Å². The van der Waals surface area contributed by atoms with E-state index in [0.717, 1.165) is 50.0 Å². The van der Waals surface area contributed by atoms with Gasteiger partial charge < -0.3 is 34.4 Å². The highest BCUT2D eigenvalue weighted by molar-refractivity contribution is 5.80. The third-order valence-electron chi connectivity index (χ3n) is 8.62. The quantitative estimate of drug-likeness (QED) is 0.351. The van der Waals surface area contributed by atoms with E-state index in [1.807, 2.05) is 18.2 Å². The number of methoxy groups -OCH3 is 1. The largest absolute Gasteiger partial charge is 0.483 e. The Labute approximate surface area is 270 Å². The summed E-state index contributed by atoms with van der Waals surface area (Å²) in [6, 6.07) is 12.6. The third kappa shape index (κ3) is 7.04. The van der Waals surface area contributed by atoms with Gasteiger partial charge in [-0.05, 0) is 37.3 Å². The number of nitrogens with zero attached hydrogens (tertiary/aromatic N) is 7. The fourth-order valence-corrected chi connectivity index (χ4v) is 5.92. The highest BCUT2D eigenvalue weighted by atomic mass is 19.3. The van der Waals surface area contributed by atoms with Crippen molar-refractivity contribution in [2.75, 3.05) is 69.8 Å². The number of ether oxygens (including phenoxy) is 3. The average Bonchev–Trinajstić information content (AvgIpc) is 3.05. The number of nitriles is 1. The molecule has 1 aromatic carbocycles. The first-order chi connectivity index (χ1) is 22.6. The van der Waals surface area contributed by atoms with Gasteiger partial charge in [-0.2, -0.15) is 10.2 Å². The van der Waals surface area contributed by atoms with E-state index in [1.165, 1.54) is 25.4 Å². The SMILES string of the molecule is COc1nc(Nc2cc(-c3ccc(O[C@@H]4CCN(C(=O)[C@@H](C)O)CC4(F)F)c(C#N)c3)ncn2)ccc1N1CCN(C2COC2)CC1. The number of carbonyl (C=O) groups is 1. The number of carbonyl (C=O) groups excluding carboxylic acids is 1. The maximum absolute atomic E-state index is 14.9. The highest BCUT2D eigenvalue weighted by Crippen LogP contribution is 2.35. The van der Waals surface area contributed by atoms with Crippen molar-refractivity contribution >= 4 is 23.2 Å². The molecule has 3 aliphatic rings. The van der Waals surface area contributed by atoms with Crippen LogP contribution < -0.4 is 19.7 Å². The Hall–Kier alpha value is -4.65. The lowest BCUT2D eigenvalue weighted by molar-refractivity contribution is -0.165. The van der Waals surface area contributed by atoms with Crippen LogP contribution in [-0.4, -0.2) is 120 Å². The average molecular weight is 651 g/mol. The van der Waals surface area contributed by atoms with Crippen molar-refractivity contribution in [1.29, 1.82) is 5.26 Å². The van der Waals surface area contributed by atoms with Crippen molar-refractivity contribution in [3.05, 3.63) is 48.3 Å². The summed E-state index contributed by atoms with van der Waals surface area (Å²) in [5, 5.41) is 22.5. The van der Waals surface area contributed by atoms with E-state index in [4.69, 9.17) is 14.2 Å². The first-order valence-corrected chi connectivity index (χ1v) is 15.4. The fourth-order valence-electron chi connectivity index (χ4n) is 5.92. The Morgan fingerprint density at radius 1 is 1.13 bits per heavy atom. The number of amides is 1. The van der Waals surface area contributed by atoms with Gasteiger partial charge in [-0.3, -0.25) is 9.69 Å². The summed E-state index contributed by atoms with van der Waals surface area (Å²) in [6.07, 6.45) is -1.71. The minimum absolute atomic E-state index is 0.00140. The van der Waals surface area contributed by atoms with E-state index in [1.54, 1.807) is 19.2 Å². The molecule has 2 aromatic heterocycles. The number of aromatic nitrogens is 3. The van der Waals surface area contributed by atoms with Crippen LogP contribution in [0.5, 0.6) is 11.6 Å². The molecule has 3 saturated heterocycles. The number of nitrogens with one attached hydrogen (secondary N) is 1. The minimum atomic E-state index is -3.38. The predicted molar refractivity (Wildman–Crippen MR) is 167 cm³/mol. The molecule has 248 valence electrons. The summed E-state index contributed by atoms with van der Waals surface area (Å²) in [5.41, 5.74) is 2.00. The molecule has 0 radical (unpaired) electrons. The number of pyridine rings is 1. The monoisotopic (exact) mass is 650 g/mol. The number of rotatable bonds is 9. The Morgan fingerprint density at radius 2 is 1.91 bits per heavy atom. The molecule has 1 amide bonds. The molecule has 0 bridgehead atoms. The topological polar surface area (TPSA) is 149 Å². The second-order valence-electron chi connectivity index (χ2n) is 11.8. The van der Waals surface area contributed by atoms with Gasteiger partial charge in [0.2, 0.25) is 5.88 Å². The van der Waals surface area contributed by atoms with Gasteiger partial charge in [0, 0.05) is 50.8 Å². The molecule has 5 heterocycles. The van der Waals surface area contributed by atoms with Gasteiger partial charge in [-0.1, -0.05) is 0 Å². The van der Waals surface area contributed by atoms with Gasteiger partial charge in [0.05, 0.1) is 44.2 Å². The van der Waals surface area contributed by atoms with Crippen LogP contribution in [-0.2, 0) is 9.53 Å². The van der Waals surface area contributed by atoms with Crippen LogP contribution in [0, 0.1) is 11.3 Å². The molecule has 0 spiro atoms. The summed E-state index contributed by atoms with van der Waals surface area (Å²) in [4.78, 5) is 30.9. The Morgan fingerprint density at radius 3 is 2.57 bits per heavy atom. The first kappa shape index (κ1) is 32.3. The number of likely N-dealkylation sites (tertiary alicyclic amines) is 1. The summed E-state index contributed by atoms with van der Waals surface area (Å²) in [6.45, 7) is 5.56. The van der Waals surface area contributed by atoms with Crippen LogP contribution in [0.15, 0.2) is 42.7 Å². The van der Waals surface area contributed by atoms with Crippen molar-refractivity contribution in [3.8, 4) is 29.0 Å². The van der Waals surface area contributed by atoms with Crippen LogP contribution >= 0.6 is 0 Å². The van der Waals surface area contributed by atoms with Crippen LogP contribution in [0.25, 0.3) is 11.3 Å². The zero-order valence-corrected chi connectivity index (χ0v) is 26.1. The molecular weight excluding hydrogens is 614 g/mol. The van der Waals surface area contributed by atoms with Crippen LogP contribution in [0.4, 0.5) is 26.1 Å². The van der Waals surface area contributed by atoms with Gasteiger partial charge in [-0.25, -0.2) is 18.7 Å².